The highest BCUT2D eigenvalue weighted by Gasteiger charge is 2.14. The molecule has 1 atom stereocenters. The van der Waals surface area contributed by atoms with Crippen LogP contribution < -0.4 is 5.32 Å². The molecule has 1 aliphatic rings. The van der Waals surface area contributed by atoms with E-state index in [-0.39, 0.29) is 0 Å². The highest BCUT2D eigenvalue weighted by molar-refractivity contribution is 7.99. The van der Waals surface area contributed by atoms with Crippen molar-refractivity contribution < 1.29 is 0 Å². The van der Waals surface area contributed by atoms with Crippen molar-refractivity contribution in [2.24, 2.45) is 0 Å². The zero-order valence-corrected chi connectivity index (χ0v) is 13.7. The monoisotopic (exact) mass is 296 g/mol. The van der Waals surface area contributed by atoms with Crippen molar-refractivity contribution in [1.29, 1.82) is 0 Å². The van der Waals surface area contributed by atoms with Gasteiger partial charge < -0.3 is 9.88 Å². The average molecular weight is 296 g/mol. The summed E-state index contributed by atoms with van der Waals surface area (Å²) >= 11 is 1.88. The Kier molecular flexibility index (Phi) is 6.87. The highest BCUT2D eigenvalue weighted by atomic mass is 32.2. The van der Waals surface area contributed by atoms with E-state index in [4.69, 9.17) is 0 Å². The molecule has 0 fully saturated rings. The lowest BCUT2D eigenvalue weighted by Gasteiger charge is -2.12. The third-order valence-electron chi connectivity index (χ3n) is 3.83. The number of nitrogens with zero attached hydrogens (tertiary/aromatic N) is 3. The molecule has 2 heterocycles. The van der Waals surface area contributed by atoms with Gasteiger partial charge in [-0.2, -0.15) is 0 Å². The fraction of sp³-hybridized carbons (Fsp3) is 0.867. The number of aryl methyl sites for hydroxylation is 1. The Bertz CT molecular complexity index is 391. The first kappa shape index (κ1) is 15.8. The molecular weight excluding hydrogens is 268 g/mol. The van der Waals surface area contributed by atoms with Crippen LogP contribution in [0.1, 0.15) is 58.2 Å². The molecule has 1 unspecified atom stereocenters. The summed E-state index contributed by atoms with van der Waals surface area (Å²) in [5.74, 6) is 2.35. The van der Waals surface area contributed by atoms with Crippen LogP contribution in [-0.4, -0.2) is 33.1 Å². The van der Waals surface area contributed by atoms with Crippen LogP contribution in [0, 0.1) is 0 Å². The fourth-order valence-electron chi connectivity index (χ4n) is 2.61. The number of hydrogen-bond acceptors (Lipinski definition) is 4. The second-order valence-corrected chi connectivity index (χ2v) is 6.77. The van der Waals surface area contributed by atoms with Gasteiger partial charge in [0, 0.05) is 24.8 Å². The minimum Gasteiger partial charge on any atom is -0.314 e. The van der Waals surface area contributed by atoms with Crippen molar-refractivity contribution in [3.8, 4) is 0 Å². The van der Waals surface area contributed by atoms with Gasteiger partial charge in [0.2, 0.25) is 0 Å². The van der Waals surface area contributed by atoms with Crippen LogP contribution in [0.25, 0.3) is 0 Å². The molecule has 1 aromatic heterocycles. The third kappa shape index (κ3) is 4.77. The number of rotatable bonds is 8. The molecule has 0 saturated carbocycles. The first-order valence-electron chi connectivity index (χ1n) is 8.09. The molecule has 4 nitrogen and oxygen atoms in total. The van der Waals surface area contributed by atoms with E-state index < -0.39 is 0 Å². The van der Waals surface area contributed by atoms with Gasteiger partial charge in [-0.1, -0.05) is 25.1 Å². The second-order valence-electron chi connectivity index (χ2n) is 5.71. The number of aromatic nitrogens is 3. The van der Waals surface area contributed by atoms with E-state index in [9.17, 15) is 0 Å². The molecule has 0 saturated heterocycles. The summed E-state index contributed by atoms with van der Waals surface area (Å²) in [5.41, 5.74) is 0. The minimum absolute atomic E-state index is 0.631. The Labute approximate surface area is 127 Å². The molecule has 1 aliphatic heterocycles. The molecule has 0 amide bonds. The van der Waals surface area contributed by atoms with E-state index in [0.29, 0.717) is 6.04 Å². The van der Waals surface area contributed by atoms with Gasteiger partial charge in [-0.15, -0.1) is 10.2 Å². The topological polar surface area (TPSA) is 42.7 Å². The summed E-state index contributed by atoms with van der Waals surface area (Å²) in [6, 6.07) is 0.631. The molecule has 5 heteroatoms. The predicted octanol–water partition coefficient (Wildman–Crippen LogP) is 3.26. The van der Waals surface area contributed by atoms with E-state index in [1.54, 1.807) is 0 Å². The van der Waals surface area contributed by atoms with Crippen molar-refractivity contribution in [2.45, 2.75) is 76.5 Å². The van der Waals surface area contributed by atoms with Gasteiger partial charge in [-0.25, -0.2) is 0 Å². The van der Waals surface area contributed by atoms with Gasteiger partial charge in [0.1, 0.15) is 5.82 Å². The number of thioether (sulfide) groups is 1. The van der Waals surface area contributed by atoms with Crippen LogP contribution in [0.15, 0.2) is 5.16 Å². The quantitative estimate of drug-likeness (QED) is 0.590. The first-order chi connectivity index (χ1) is 9.81. The third-order valence-corrected chi connectivity index (χ3v) is 4.88. The highest BCUT2D eigenvalue weighted by Crippen LogP contribution is 2.22. The van der Waals surface area contributed by atoms with Gasteiger partial charge in [0.05, 0.1) is 0 Å². The molecule has 0 aliphatic carbocycles. The lowest BCUT2D eigenvalue weighted by Crippen LogP contribution is -2.26. The second kappa shape index (κ2) is 8.67. The van der Waals surface area contributed by atoms with Gasteiger partial charge in [0.15, 0.2) is 5.16 Å². The van der Waals surface area contributed by atoms with Gasteiger partial charge in [-0.05, 0) is 45.6 Å². The molecule has 0 spiro atoms. The zero-order chi connectivity index (χ0) is 14.2. The van der Waals surface area contributed by atoms with Crippen LogP contribution in [0.5, 0.6) is 0 Å². The summed E-state index contributed by atoms with van der Waals surface area (Å²) < 4.78 is 2.34. The van der Waals surface area contributed by atoms with E-state index in [1.165, 1.54) is 44.3 Å². The number of hydrogen-bond donors (Lipinski definition) is 1. The Balaban J connectivity index is 1.70. The fourth-order valence-corrected chi connectivity index (χ4v) is 3.56. The molecule has 0 bridgehead atoms. The van der Waals surface area contributed by atoms with Crippen LogP contribution in [0.4, 0.5) is 0 Å². The molecule has 1 N–H and O–H groups in total. The van der Waals surface area contributed by atoms with Crippen molar-refractivity contribution in [1.82, 2.24) is 20.1 Å². The van der Waals surface area contributed by atoms with E-state index in [0.717, 1.165) is 30.4 Å². The molecule has 114 valence electrons. The SMILES string of the molecule is CCCNC(C)CCCSc1nnc2n1CCCCC2. The summed E-state index contributed by atoms with van der Waals surface area (Å²) in [4.78, 5) is 0. The normalized spacial score (nSPS) is 16.7. The lowest BCUT2D eigenvalue weighted by molar-refractivity contribution is 0.509. The van der Waals surface area contributed by atoms with Crippen LogP contribution in [0.3, 0.4) is 0 Å². The Hall–Kier alpha value is -0.550. The molecule has 0 radical (unpaired) electrons. The van der Waals surface area contributed by atoms with Gasteiger partial charge in [-0.3, -0.25) is 0 Å². The summed E-state index contributed by atoms with van der Waals surface area (Å²) in [6.45, 7) is 6.74. The Morgan fingerprint density at radius 1 is 1.30 bits per heavy atom. The molecule has 20 heavy (non-hydrogen) atoms. The van der Waals surface area contributed by atoms with E-state index >= 15 is 0 Å². The van der Waals surface area contributed by atoms with E-state index in [1.807, 2.05) is 11.8 Å². The van der Waals surface area contributed by atoms with Gasteiger partial charge in [0.25, 0.3) is 0 Å². The Morgan fingerprint density at radius 2 is 2.20 bits per heavy atom. The number of nitrogens with one attached hydrogen (secondary N) is 1. The zero-order valence-electron chi connectivity index (χ0n) is 12.9. The average Bonchev–Trinajstić information content (AvgIpc) is 2.69. The molecule has 0 aromatic carbocycles. The maximum Gasteiger partial charge on any atom is 0.191 e. The smallest absolute Gasteiger partial charge is 0.191 e. The van der Waals surface area contributed by atoms with Crippen LogP contribution >= 0.6 is 11.8 Å². The maximum absolute atomic E-state index is 4.37. The van der Waals surface area contributed by atoms with Crippen molar-refractivity contribution in [3.63, 3.8) is 0 Å². The van der Waals surface area contributed by atoms with Crippen molar-refractivity contribution in [2.75, 3.05) is 12.3 Å². The first-order valence-corrected chi connectivity index (χ1v) is 9.08. The predicted molar refractivity (Wildman–Crippen MR) is 85.3 cm³/mol. The van der Waals surface area contributed by atoms with Crippen molar-refractivity contribution in [3.05, 3.63) is 5.82 Å². The Morgan fingerprint density at radius 3 is 3.05 bits per heavy atom. The largest absolute Gasteiger partial charge is 0.314 e. The summed E-state index contributed by atoms with van der Waals surface area (Å²) in [5, 5.41) is 13.4. The molecule has 1 aromatic rings. The molecular formula is C15H28N4S. The standard InChI is InChI=1S/C15H28N4S/c1-3-10-16-13(2)8-7-12-20-15-18-17-14-9-5-4-6-11-19(14)15/h13,16H,3-12H2,1-2H3. The van der Waals surface area contributed by atoms with Gasteiger partial charge >= 0.3 is 0 Å². The van der Waals surface area contributed by atoms with E-state index in [2.05, 4.69) is 33.9 Å². The summed E-state index contributed by atoms with van der Waals surface area (Å²) in [6.07, 6.45) is 8.67. The van der Waals surface area contributed by atoms with Crippen LogP contribution in [0.2, 0.25) is 0 Å². The number of fused-ring (bicyclic) bond motifs is 1. The minimum atomic E-state index is 0.631. The van der Waals surface area contributed by atoms with Crippen LogP contribution in [-0.2, 0) is 13.0 Å². The maximum atomic E-state index is 4.37. The van der Waals surface area contributed by atoms with Crippen molar-refractivity contribution >= 4 is 11.8 Å². The summed E-state index contributed by atoms with van der Waals surface area (Å²) in [7, 11) is 0. The lowest BCUT2D eigenvalue weighted by atomic mass is 10.2. The molecule has 2 rings (SSSR count).